The van der Waals surface area contributed by atoms with Gasteiger partial charge in [-0.25, -0.2) is 4.79 Å². The summed E-state index contributed by atoms with van der Waals surface area (Å²) in [7, 11) is 1.78. The lowest BCUT2D eigenvalue weighted by Crippen LogP contribution is -2.12. The molecule has 3 heterocycles. The van der Waals surface area contributed by atoms with Gasteiger partial charge < -0.3 is 13.7 Å². The lowest BCUT2D eigenvalue weighted by atomic mass is 10.4. The first kappa shape index (κ1) is 13.6. The first-order chi connectivity index (χ1) is 10.1. The van der Waals surface area contributed by atoms with Crippen molar-refractivity contribution in [3.8, 4) is 10.8 Å². The summed E-state index contributed by atoms with van der Waals surface area (Å²) in [6, 6.07) is 7.27. The third-order valence-corrected chi connectivity index (χ3v) is 3.81. The lowest BCUT2D eigenvalue weighted by molar-refractivity contribution is 0.0269. The van der Waals surface area contributed by atoms with E-state index in [1.165, 1.54) is 11.3 Å². The van der Waals surface area contributed by atoms with Gasteiger partial charge in [0.05, 0.1) is 4.88 Å². The molecule has 3 rings (SSSR count). The number of ether oxygens (including phenoxy) is 1. The number of carbonyl (C=O) groups is 1. The van der Waals surface area contributed by atoms with Crippen molar-refractivity contribution in [1.29, 1.82) is 0 Å². The first-order valence-corrected chi connectivity index (χ1v) is 7.22. The summed E-state index contributed by atoms with van der Waals surface area (Å²) in [6.45, 7) is 1.70. The van der Waals surface area contributed by atoms with Crippen LogP contribution in [0.15, 0.2) is 40.3 Å². The fourth-order valence-corrected chi connectivity index (χ4v) is 2.49. The molecule has 7 heteroatoms. The van der Waals surface area contributed by atoms with Crippen LogP contribution in [-0.4, -0.2) is 20.7 Å². The molecule has 6 nitrogen and oxygen atoms in total. The summed E-state index contributed by atoms with van der Waals surface area (Å²) in [5.41, 5.74) is 0.472. The summed E-state index contributed by atoms with van der Waals surface area (Å²) in [4.78, 5) is 12.9. The van der Waals surface area contributed by atoms with E-state index in [-0.39, 0.29) is 5.89 Å². The number of nitrogens with zero attached hydrogens (tertiary/aromatic N) is 3. The van der Waals surface area contributed by atoms with E-state index in [4.69, 9.17) is 9.15 Å². The highest BCUT2D eigenvalue weighted by molar-refractivity contribution is 7.13. The largest absolute Gasteiger partial charge is 0.448 e. The maximum atomic E-state index is 12.0. The van der Waals surface area contributed by atoms with Crippen LogP contribution >= 0.6 is 11.3 Å². The first-order valence-electron chi connectivity index (χ1n) is 6.34. The van der Waals surface area contributed by atoms with Crippen LogP contribution in [0.3, 0.4) is 0 Å². The molecule has 108 valence electrons. The number of esters is 1. The Morgan fingerprint density at radius 1 is 1.38 bits per heavy atom. The van der Waals surface area contributed by atoms with E-state index in [9.17, 15) is 4.79 Å². The SMILES string of the molecule is C[C@H](OC(=O)c1cccn1C)c1nnc(-c2cccs2)o1. The Kier molecular flexibility index (Phi) is 3.57. The molecule has 0 N–H and O–H groups in total. The fourth-order valence-electron chi connectivity index (χ4n) is 1.84. The highest BCUT2D eigenvalue weighted by Crippen LogP contribution is 2.26. The van der Waals surface area contributed by atoms with Crippen LogP contribution in [0.5, 0.6) is 0 Å². The van der Waals surface area contributed by atoms with Crippen LogP contribution < -0.4 is 0 Å². The van der Waals surface area contributed by atoms with E-state index in [0.717, 1.165) is 4.88 Å². The predicted molar refractivity (Wildman–Crippen MR) is 76.9 cm³/mol. The van der Waals surface area contributed by atoms with E-state index in [1.54, 1.807) is 36.9 Å². The van der Waals surface area contributed by atoms with Crippen LogP contribution in [0.4, 0.5) is 0 Å². The van der Waals surface area contributed by atoms with Gasteiger partial charge in [0.2, 0.25) is 0 Å². The van der Waals surface area contributed by atoms with Gasteiger partial charge in [0, 0.05) is 13.2 Å². The molecular formula is C14H13N3O3S. The van der Waals surface area contributed by atoms with E-state index in [0.29, 0.717) is 11.6 Å². The summed E-state index contributed by atoms with van der Waals surface area (Å²) in [6.07, 6.45) is 1.18. The molecule has 0 aromatic carbocycles. The molecule has 1 atom stereocenters. The van der Waals surface area contributed by atoms with Gasteiger partial charge in [-0.1, -0.05) is 6.07 Å². The molecule has 0 aliphatic rings. The lowest BCUT2D eigenvalue weighted by Gasteiger charge is -2.09. The van der Waals surface area contributed by atoms with Crippen molar-refractivity contribution in [3.05, 3.63) is 47.4 Å². The molecule has 0 aliphatic carbocycles. The highest BCUT2D eigenvalue weighted by Gasteiger charge is 2.21. The molecule has 0 bridgehead atoms. The number of thiophene rings is 1. The van der Waals surface area contributed by atoms with Crippen LogP contribution in [0.1, 0.15) is 29.4 Å². The van der Waals surface area contributed by atoms with Crippen LogP contribution in [0.2, 0.25) is 0 Å². The number of hydrogen-bond acceptors (Lipinski definition) is 6. The molecule has 0 spiro atoms. The van der Waals surface area contributed by atoms with E-state index in [1.807, 2.05) is 17.5 Å². The Bertz CT molecular complexity index is 745. The third kappa shape index (κ3) is 2.73. The zero-order valence-corrected chi connectivity index (χ0v) is 12.3. The standard InChI is InChI=1S/C14H13N3O3S/c1-9(19-14(18)10-5-3-7-17(10)2)12-15-16-13(20-12)11-6-4-8-21-11/h3-9H,1-2H3/t9-/m0/s1. The Morgan fingerprint density at radius 2 is 2.24 bits per heavy atom. The number of aromatic nitrogens is 3. The second-order valence-corrected chi connectivity index (χ2v) is 5.42. The third-order valence-electron chi connectivity index (χ3n) is 2.96. The Labute approximate surface area is 125 Å². The predicted octanol–water partition coefficient (Wildman–Crippen LogP) is 3.05. The van der Waals surface area contributed by atoms with Crippen LogP contribution in [0, 0.1) is 0 Å². The molecule has 3 aromatic rings. The Morgan fingerprint density at radius 3 is 2.90 bits per heavy atom. The summed E-state index contributed by atoms with van der Waals surface area (Å²) in [5, 5.41) is 9.83. The van der Waals surface area contributed by atoms with Gasteiger partial charge in [0.25, 0.3) is 11.8 Å². The molecule has 0 radical (unpaired) electrons. The van der Waals surface area contributed by atoms with Crippen LogP contribution in [0.25, 0.3) is 10.8 Å². The van der Waals surface area contributed by atoms with Crippen molar-refractivity contribution in [3.63, 3.8) is 0 Å². The minimum atomic E-state index is -0.603. The zero-order valence-electron chi connectivity index (χ0n) is 11.5. The van der Waals surface area contributed by atoms with Gasteiger partial charge in [-0.05, 0) is 30.5 Å². The number of aryl methyl sites for hydroxylation is 1. The Balaban J connectivity index is 1.73. The van der Waals surface area contributed by atoms with Crippen molar-refractivity contribution in [2.24, 2.45) is 7.05 Å². The molecule has 0 unspecified atom stereocenters. The molecule has 0 amide bonds. The van der Waals surface area contributed by atoms with Gasteiger partial charge in [-0.3, -0.25) is 0 Å². The number of rotatable bonds is 4. The smallest absolute Gasteiger partial charge is 0.355 e. The molecule has 3 aromatic heterocycles. The van der Waals surface area contributed by atoms with Crippen molar-refractivity contribution in [2.45, 2.75) is 13.0 Å². The van der Waals surface area contributed by atoms with Crippen LogP contribution in [-0.2, 0) is 11.8 Å². The van der Waals surface area contributed by atoms with Gasteiger partial charge in [-0.15, -0.1) is 21.5 Å². The van der Waals surface area contributed by atoms with Gasteiger partial charge in [0.1, 0.15) is 5.69 Å². The average Bonchev–Trinajstić information content (AvgIpc) is 3.19. The molecule has 0 aliphatic heterocycles. The van der Waals surface area contributed by atoms with E-state index in [2.05, 4.69) is 10.2 Å². The van der Waals surface area contributed by atoms with E-state index < -0.39 is 12.1 Å². The second kappa shape index (κ2) is 5.53. The minimum Gasteiger partial charge on any atom is -0.448 e. The van der Waals surface area contributed by atoms with Gasteiger partial charge in [-0.2, -0.15) is 0 Å². The van der Waals surface area contributed by atoms with Crippen molar-refractivity contribution in [1.82, 2.24) is 14.8 Å². The highest BCUT2D eigenvalue weighted by atomic mass is 32.1. The van der Waals surface area contributed by atoms with Gasteiger partial charge >= 0.3 is 5.97 Å². The minimum absolute atomic E-state index is 0.279. The number of hydrogen-bond donors (Lipinski definition) is 0. The van der Waals surface area contributed by atoms with Crippen molar-refractivity contribution in [2.75, 3.05) is 0 Å². The fraction of sp³-hybridized carbons (Fsp3) is 0.214. The molecule has 0 fully saturated rings. The van der Waals surface area contributed by atoms with Gasteiger partial charge in [0.15, 0.2) is 6.10 Å². The quantitative estimate of drug-likeness (QED) is 0.693. The molecule has 21 heavy (non-hydrogen) atoms. The average molecular weight is 303 g/mol. The molecule has 0 saturated carbocycles. The van der Waals surface area contributed by atoms with Crippen molar-refractivity contribution >= 4 is 17.3 Å². The topological polar surface area (TPSA) is 70.2 Å². The molecule has 0 saturated heterocycles. The maximum absolute atomic E-state index is 12.0. The monoisotopic (exact) mass is 303 g/mol. The Hall–Kier alpha value is -2.41. The summed E-state index contributed by atoms with van der Waals surface area (Å²) < 4.78 is 12.6. The van der Waals surface area contributed by atoms with E-state index >= 15 is 0 Å². The molecular weight excluding hydrogens is 290 g/mol. The normalized spacial score (nSPS) is 12.3. The second-order valence-electron chi connectivity index (χ2n) is 4.47. The number of carbonyl (C=O) groups excluding carboxylic acids is 1. The summed E-state index contributed by atoms with van der Waals surface area (Å²) in [5.74, 6) is 0.286. The summed E-state index contributed by atoms with van der Waals surface area (Å²) >= 11 is 1.51. The van der Waals surface area contributed by atoms with Crippen molar-refractivity contribution < 1.29 is 13.9 Å². The zero-order chi connectivity index (χ0) is 14.8. The maximum Gasteiger partial charge on any atom is 0.355 e.